The average molecular weight is 391 g/mol. The molecule has 1 aromatic carbocycles. The molecule has 2 aromatic rings. The van der Waals surface area contributed by atoms with Gasteiger partial charge in [-0.05, 0) is 17.7 Å². The number of carbonyl (C=O) groups excluding carboxylic acids is 1. The first kappa shape index (κ1) is 19.9. The molecule has 1 amide bonds. The summed E-state index contributed by atoms with van der Waals surface area (Å²) < 4.78 is 20.4. The Morgan fingerprint density at radius 3 is 2.86 bits per heavy atom. The number of nitrogens with zero attached hydrogens (tertiary/aromatic N) is 4. The molecular formula is C18H22FN5O4. The van der Waals surface area contributed by atoms with Crippen LogP contribution in [0, 0.1) is 15.9 Å². The van der Waals surface area contributed by atoms with Crippen molar-refractivity contribution in [2.75, 3.05) is 32.8 Å². The molecule has 150 valence electrons. The number of aryl methyl sites for hydroxylation is 1. The van der Waals surface area contributed by atoms with Crippen molar-refractivity contribution in [2.45, 2.75) is 19.0 Å². The lowest BCUT2D eigenvalue weighted by molar-refractivity contribution is -0.385. The monoisotopic (exact) mass is 391 g/mol. The van der Waals surface area contributed by atoms with Gasteiger partial charge in [-0.1, -0.05) is 12.1 Å². The highest BCUT2D eigenvalue weighted by Gasteiger charge is 2.23. The van der Waals surface area contributed by atoms with E-state index in [4.69, 9.17) is 4.74 Å². The molecule has 0 spiro atoms. The fourth-order valence-corrected chi connectivity index (χ4v) is 3.14. The number of ether oxygens (including phenoxy) is 1. The minimum Gasteiger partial charge on any atom is -0.379 e. The molecule has 10 heteroatoms. The highest BCUT2D eigenvalue weighted by atomic mass is 19.1. The first-order valence-corrected chi connectivity index (χ1v) is 9.04. The largest absolute Gasteiger partial charge is 0.379 e. The Labute approximate surface area is 161 Å². The summed E-state index contributed by atoms with van der Waals surface area (Å²) in [5, 5.41) is 17.4. The summed E-state index contributed by atoms with van der Waals surface area (Å²) in [5.41, 5.74) is 0.684. The molecule has 1 aliphatic rings. The van der Waals surface area contributed by atoms with Crippen molar-refractivity contribution < 1.29 is 18.8 Å². The summed E-state index contributed by atoms with van der Waals surface area (Å²) in [6.07, 6.45) is 2.57. The summed E-state index contributed by atoms with van der Waals surface area (Å²) >= 11 is 0. The number of aromatic nitrogens is 2. The molecule has 0 saturated carbocycles. The van der Waals surface area contributed by atoms with Crippen LogP contribution in [-0.2, 0) is 16.1 Å². The van der Waals surface area contributed by atoms with Crippen LogP contribution in [0.3, 0.4) is 0 Å². The summed E-state index contributed by atoms with van der Waals surface area (Å²) in [6, 6.07) is 6.22. The van der Waals surface area contributed by atoms with Crippen LogP contribution in [0.1, 0.15) is 18.0 Å². The molecule has 1 saturated heterocycles. The van der Waals surface area contributed by atoms with Gasteiger partial charge in [0.25, 0.3) is 0 Å². The Balaban J connectivity index is 1.57. The molecule has 9 nitrogen and oxygen atoms in total. The van der Waals surface area contributed by atoms with E-state index in [9.17, 15) is 19.3 Å². The summed E-state index contributed by atoms with van der Waals surface area (Å²) in [6.45, 7) is 3.17. The molecule has 28 heavy (non-hydrogen) atoms. The SMILES string of the molecule is O=C(CCn1cc([N+](=O)[O-])cn1)NCC(c1cccc(F)c1)N1CCOCC1. The van der Waals surface area contributed by atoms with Crippen LogP contribution in [0.25, 0.3) is 0 Å². The summed E-state index contributed by atoms with van der Waals surface area (Å²) in [5.74, 6) is -0.518. The third kappa shape index (κ3) is 5.33. The van der Waals surface area contributed by atoms with Gasteiger partial charge in [-0.25, -0.2) is 4.39 Å². The van der Waals surface area contributed by atoms with Crippen molar-refractivity contribution in [2.24, 2.45) is 0 Å². The average Bonchev–Trinajstić information content (AvgIpc) is 3.17. The van der Waals surface area contributed by atoms with E-state index in [-0.39, 0.29) is 36.4 Å². The molecule has 1 aromatic heterocycles. The number of hydrogen-bond donors (Lipinski definition) is 1. The second kappa shape index (κ2) is 9.38. The van der Waals surface area contributed by atoms with E-state index in [1.165, 1.54) is 23.0 Å². The zero-order valence-corrected chi connectivity index (χ0v) is 15.3. The Morgan fingerprint density at radius 1 is 1.39 bits per heavy atom. The van der Waals surface area contributed by atoms with E-state index < -0.39 is 4.92 Å². The zero-order valence-electron chi connectivity index (χ0n) is 15.3. The third-order valence-electron chi connectivity index (χ3n) is 4.61. The predicted octanol–water partition coefficient (Wildman–Crippen LogP) is 1.51. The Morgan fingerprint density at radius 2 is 2.18 bits per heavy atom. The standard InChI is InChI=1S/C18H22FN5O4/c19-15-3-1-2-14(10-15)17(22-6-8-28-9-7-22)12-20-18(25)4-5-23-13-16(11-21-23)24(26)27/h1-3,10-11,13,17H,4-9,12H2,(H,20,25). The van der Waals surface area contributed by atoms with Gasteiger partial charge >= 0.3 is 5.69 Å². The first-order chi connectivity index (χ1) is 13.5. The molecule has 0 aliphatic carbocycles. The van der Waals surface area contributed by atoms with Gasteiger partial charge in [0.2, 0.25) is 5.91 Å². The number of halogens is 1. The van der Waals surface area contributed by atoms with Crippen molar-refractivity contribution >= 4 is 11.6 Å². The van der Waals surface area contributed by atoms with Gasteiger partial charge in [0.15, 0.2) is 0 Å². The highest BCUT2D eigenvalue weighted by molar-refractivity contribution is 5.75. The number of hydrogen-bond acceptors (Lipinski definition) is 6. The zero-order chi connectivity index (χ0) is 19.9. The van der Waals surface area contributed by atoms with E-state index in [1.807, 2.05) is 6.07 Å². The minimum atomic E-state index is -0.532. The van der Waals surface area contributed by atoms with Gasteiger partial charge in [-0.15, -0.1) is 0 Å². The topological polar surface area (TPSA) is 103 Å². The number of nitrogens with one attached hydrogen (secondary N) is 1. The normalized spacial score (nSPS) is 15.9. The van der Waals surface area contributed by atoms with E-state index in [0.29, 0.717) is 32.8 Å². The van der Waals surface area contributed by atoms with Crippen LogP contribution < -0.4 is 5.32 Å². The summed E-state index contributed by atoms with van der Waals surface area (Å²) in [7, 11) is 0. The number of benzene rings is 1. The molecule has 1 N–H and O–H groups in total. The minimum absolute atomic E-state index is 0.112. The predicted molar refractivity (Wildman–Crippen MR) is 98.0 cm³/mol. The molecule has 0 bridgehead atoms. The molecule has 0 radical (unpaired) electrons. The van der Waals surface area contributed by atoms with Gasteiger partial charge in [0, 0.05) is 32.6 Å². The lowest BCUT2D eigenvalue weighted by atomic mass is 10.0. The molecule has 3 rings (SSSR count). The molecule has 1 atom stereocenters. The second-order valence-electron chi connectivity index (χ2n) is 6.49. The smallest absolute Gasteiger partial charge is 0.306 e. The quantitative estimate of drug-likeness (QED) is 0.541. The number of nitro groups is 1. The van der Waals surface area contributed by atoms with E-state index in [1.54, 1.807) is 6.07 Å². The maximum absolute atomic E-state index is 13.7. The van der Waals surface area contributed by atoms with Gasteiger partial charge in [-0.3, -0.25) is 24.5 Å². The molecule has 1 aliphatic heterocycles. The summed E-state index contributed by atoms with van der Waals surface area (Å²) in [4.78, 5) is 24.5. The fraction of sp³-hybridized carbons (Fsp3) is 0.444. The molecule has 1 unspecified atom stereocenters. The molecule has 1 fully saturated rings. The van der Waals surface area contributed by atoms with Crippen molar-refractivity contribution in [3.05, 3.63) is 58.2 Å². The maximum Gasteiger partial charge on any atom is 0.306 e. The number of morpholine rings is 1. The Kier molecular flexibility index (Phi) is 6.66. The fourth-order valence-electron chi connectivity index (χ4n) is 3.14. The number of amides is 1. The van der Waals surface area contributed by atoms with Crippen molar-refractivity contribution in [1.29, 1.82) is 0 Å². The van der Waals surface area contributed by atoms with Crippen molar-refractivity contribution in [3.8, 4) is 0 Å². The Bertz CT molecular complexity index is 822. The van der Waals surface area contributed by atoms with Gasteiger partial charge in [-0.2, -0.15) is 5.10 Å². The van der Waals surface area contributed by atoms with Gasteiger partial charge in [0.05, 0.1) is 24.2 Å². The highest BCUT2D eigenvalue weighted by Crippen LogP contribution is 2.22. The lowest BCUT2D eigenvalue weighted by Gasteiger charge is -2.35. The van der Waals surface area contributed by atoms with Gasteiger partial charge < -0.3 is 10.1 Å². The Hall–Kier alpha value is -2.85. The van der Waals surface area contributed by atoms with Crippen LogP contribution in [0.2, 0.25) is 0 Å². The van der Waals surface area contributed by atoms with E-state index in [0.717, 1.165) is 11.8 Å². The van der Waals surface area contributed by atoms with Crippen LogP contribution in [-0.4, -0.2) is 58.4 Å². The van der Waals surface area contributed by atoms with Gasteiger partial charge in [0.1, 0.15) is 18.2 Å². The second-order valence-corrected chi connectivity index (χ2v) is 6.49. The van der Waals surface area contributed by atoms with Crippen LogP contribution in [0.15, 0.2) is 36.7 Å². The third-order valence-corrected chi connectivity index (χ3v) is 4.61. The molecular weight excluding hydrogens is 369 g/mol. The lowest BCUT2D eigenvalue weighted by Crippen LogP contribution is -2.44. The van der Waals surface area contributed by atoms with E-state index in [2.05, 4.69) is 15.3 Å². The molecule has 2 heterocycles. The number of rotatable bonds is 8. The van der Waals surface area contributed by atoms with Crippen LogP contribution in [0.4, 0.5) is 10.1 Å². The maximum atomic E-state index is 13.7. The van der Waals surface area contributed by atoms with Crippen molar-refractivity contribution in [1.82, 2.24) is 20.0 Å². The van der Waals surface area contributed by atoms with Crippen LogP contribution in [0.5, 0.6) is 0 Å². The first-order valence-electron chi connectivity index (χ1n) is 9.04. The van der Waals surface area contributed by atoms with E-state index >= 15 is 0 Å². The van der Waals surface area contributed by atoms with Crippen molar-refractivity contribution in [3.63, 3.8) is 0 Å². The number of carbonyl (C=O) groups is 1. The van der Waals surface area contributed by atoms with Crippen LogP contribution >= 0.6 is 0 Å².